The normalized spacial score (nSPS) is 12.9. The molecule has 1 nitrogen and oxygen atoms in total. The van der Waals surface area contributed by atoms with Gasteiger partial charge in [-0.3, -0.25) is 4.99 Å². The number of hydrogen-bond donors (Lipinski definition) is 0. The summed E-state index contributed by atoms with van der Waals surface area (Å²) in [5, 5.41) is 5.18. The quantitative estimate of drug-likeness (QED) is 0.177. The first-order valence-corrected chi connectivity index (χ1v) is 10.1. The van der Waals surface area contributed by atoms with E-state index in [9.17, 15) is 0 Å². The highest BCUT2D eigenvalue weighted by molar-refractivity contribution is 6.14. The molecule has 29 heavy (non-hydrogen) atoms. The predicted octanol–water partition coefficient (Wildman–Crippen LogP) is 7.35. The summed E-state index contributed by atoms with van der Waals surface area (Å²) in [5.41, 5.74) is 8.04. The summed E-state index contributed by atoms with van der Waals surface area (Å²) in [6.07, 6.45) is 9.46. The molecule has 0 radical (unpaired) electrons. The Morgan fingerprint density at radius 1 is 0.931 bits per heavy atom. The van der Waals surface area contributed by atoms with Crippen LogP contribution in [0.4, 0.5) is 0 Å². The number of allylic oxidation sites excluding steroid dienone is 3. The van der Waals surface area contributed by atoms with Crippen LogP contribution < -0.4 is 0 Å². The van der Waals surface area contributed by atoms with E-state index in [1.807, 2.05) is 6.92 Å². The lowest BCUT2D eigenvalue weighted by molar-refractivity contribution is 1.10. The molecule has 0 heterocycles. The van der Waals surface area contributed by atoms with Gasteiger partial charge in [0, 0.05) is 0 Å². The Kier molecular flexibility index (Phi) is 4.37. The van der Waals surface area contributed by atoms with Gasteiger partial charge < -0.3 is 0 Å². The van der Waals surface area contributed by atoms with Crippen LogP contribution in [0.2, 0.25) is 0 Å². The number of benzene rings is 4. The van der Waals surface area contributed by atoms with Crippen molar-refractivity contribution < 1.29 is 0 Å². The molecule has 4 aromatic carbocycles. The molecule has 0 amide bonds. The van der Waals surface area contributed by atoms with Crippen molar-refractivity contribution in [3.8, 4) is 11.1 Å². The van der Waals surface area contributed by atoms with Gasteiger partial charge >= 0.3 is 0 Å². The van der Waals surface area contributed by atoms with E-state index in [2.05, 4.69) is 96.7 Å². The molecule has 0 unspecified atom stereocenters. The topological polar surface area (TPSA) is 12.4 Å². The highest BCUT2D eigenvalue weighted by Crippen LogP contribution is 2.45. The first-order chi connectivity index (χ1) is 14.3. The van der Waals surface area contributed by atoms with Crippen molar-refractivity contribution in [1.29, 1.82) is 0 Å². The van der Waals surface area contributed by atoms with Crippen LogP contribution in [0.1, 0.15) is 29.2 Å². The third-order valence-electron chi connectivity index (χ3n) is 5.88. The van der Waals surface area contributed by atoms with E-state index in [0.717, 1.165) is 6.42 Å². The summed E-state index contributed by atoms with van der Waals surface area (Å²) in [5.74, 6) is 0. The smallest absolute Gasteiger partial charge is 0.0645 e. The van der Waals surface area contributed by atoms with Crippen molar-refractivity contribution in [2.24, 2.45) is 4.99 Å². The zero-order valence-corrected chi connectivity index (χ0v) is 16.7. The van der Waals surface area contributed by atoms with Crippen molar-refractivity contribution in [3.05, 3.63) is 101 Å². The lowest BCUT2D eigenvalue weighted by atomic mass is 9.88. The van der Waals surface area contributed by atoms with Crippen molar-refractivity contribution in [3.63, 3.8) is 0 Å². The van der Waals surface area contributed by atoms with Crippen LogP contribution in [0.3, 0.4) is 0 Å². The van der Waals surface area contributed by atoms with E-state index in [-0.39, 0.29) is 0 Å². The van der Waals surface area contributed by atoms with Gasteiger partial charge in [0.2, 0.25) is 0 Å². The van der Waals surface area contributed by atoms with Crippen molar-refractivity contribution >= 4 is 34.3 Å². The molecule has 1 heteroatoms. The van der Waals surface area contributed by atoms with Crippen LogP contribution in [0, 0.1) is 0 Å². The van der Waals surface area contributed by atoms with Crippen molar-refractivity contribution in [2.45, 2.75) is 19.9 Å². The maximum Gasteiger partial charge on any atom is 0.0645 e. The zero-order valence-electron chi connectivity index (χ0n) is 16.7. The number of rotatable bonds is 4. The third kappa shape index (κ3) is 2.82. The van der Waals surface area contributed by atoms with Gasteiger partial charge in [-0.05, 0) is 87.1 Å². The largest absolute Gasteiger partial charge is 0.296 e. The highest BCUT2D eigenvalue weighted by Gasteiger charge is 2.24. The standard InChI is InChI=1S/C28H23N/c1-3-4-5-12-21-15-19-10-6-8-13-23(19)25-17-22-16-20-11-7-9-14-24(20)28(22)26(18-29-2)27(21)25/h3-15,17H,2,16,18H2,1H3/b4-3-,12-5-. The minimum absolute atomic E-state index is 0.622. The highest BCUT2D eigenvalue weighted by atomic mass is 14.7. The van der Waals surface area contributed by atoms with Crippen LogP contribution >= 0.6 is 0 Å². The molecule has 0 fully saturated rings. The molecule has 1 aliphatic rings. The van der Waals surface area contributed by atoms with E-state index < -0.39 is 0 Å². The second kappa shape index (κ2) is 7.18. The first kappa shape index (κ1) is 17.6. The van der Waals surface area contributed by atoms with E-state index in [1.54, 1.807) is 0 Å². The van der Waals surface area contributed by atoms with E-state index in [0.29, 0.717) is 6.54 Å². The fourth-order valence-electron chi connectivity index (χ4n) is 4.72. The average molecular weight is 373 g/mol. The van der Waals surface area contributed by atoms with Gasteiger partial charge in [-0.1, -0.05) is 72.8 Å². The molecule has 5 rings (SSSR count). The number of aliphatic imine (C=N–C) groups is 1. The molecule has 0 N–H and O–H groups in total. The summed E-state index contributed by atoms with van der Waals surface area (Å²) >= 11 is 0. The lowest BCUT2D eigenvalue weighted by Crippen LogP contribution is -1.95. The molecule has 1 aliphatic carbocycles. The fourth-order valence-corrected chi connectivity index (χ4v) is 4.72. The molecule has 0 aromatic heterocycles. The van der Waals surface area contributed by atoms with Gasteiger partial charge in [0.05, 0.1) is 6.54 Å². The van der Waals surface area contributed by atoms with Gasteiger partial charge in [0.15, 0.2) is 0 Å². The van der Waals surface area contributed by atoms with Gasteiger partial charge in [0.1, 0.15) is 0 Å². The molecular formula is C28H23N. The Morgan fingerprint density at radius 2 is 1.76 bits per heavy atom. The van der Waals surface area contributed by atoms with E-state index in [1.165, 1.54) is 54.9 Å². The molecule has 140 valence electrons. The summed E-state index contributed by atoms with van der Waals surface area (Å²) in [4.78, 5) is 4.34. The number of nitrogens with zero attached hydrogens (tertiary/aromatic N) is 1. The zero-order chi connectivity index (χ0) is 19.8. The lowest BCUT2D eigenvalue weighted by Gasteiger charge is -2.17. The van der Waals surface area contributed by atoms with E-state index in [4.69, 9.17) is 0 Å². The van der Waals surface area contributed by atoms with Crippen LogP contribution in [-0.4, -0.2) is 6.72 Å². The Bertz CT molecular complexity index is 1320. The van der Waals surface area contributed by atoms with Crippen LogP contribution in [0.5, 0.6) is 0 Å². The summed E-state index contributed by atoms with van der Waals surface area (Å²) in [6.45, 7) is 6.50. The molecule has 4 aromatic rings. The maximum absolute atomic E-state index is 4.34. The SMILES string of the molecule is C=NCc1c2c(cc3c1c(/C=C\C=C/C)cc1ccccc13)Cc1ccccc1-2. The molecule has 0 atom stereocenters. The van der Waals surface area contributed by atoms with Crippen molar-refractivity contribution in [2.75, 3.05) is 0 Å². The van der Waals surface area contributed by atoms with Crippen LogP contribution in [0.25, 0.3) is 38.7 Å². The monoisotopic (exact) mass is 373 g/mol. The second-order valence-electron chi connectivity index (χ2n) is 7.60. The van der Waals surface area contributed by atoms with Crippen LogP contribution in [-0.2, 0) is 13.0 Å². The molecule has 0 aliphatic heterocycles. The Labute approximate surface area is 171 Å². The Balaban J connectivity index is 1.95. The first-order valence-electron chi connectivity index (χ1n) is 10.1. The van der Waals surface area contributed by atoms with Gasteiger partial charge in [-0.25, -0.2) is 0 Å². The molecular weight excluding hydrogens is 350 g/mol. The number of hydrogen-bond acceptors (Lipinski definition) is 1. The van der Waals surface area contributed by atoms with Gasteiger partial charge in [0.25, 0.3) is 0 Å². The number of fused-ring (bicyclic) bond motifs is 6. The van der Waals surface area contributed by atoms with Gasteiger partial charge in [-0.2, -0.15) is 0 Å². The van der Waals surface area contributed by atoms with E-state index >= 15 is 0 Å². The molecule has 0 spiro atoms. The summed E-state index contributed by atoms with van der Waals surface area (Å²) < 4.78 is 0. The average Bonchev–Trinajstić information content (AvgIpc) is 3.12. The third-order valence-corrected chi connectivity index (χ3v) is 5.88. The Morgan fingerprint density at radius 3 is 2.62 bits per heavy atom. The van der Waals surface area contributed by atoms with Crippen molar-refractivity contribution in [1.82, 2.24) is 0 Å². The van der Waals surface area contributed by atoms with Gasteiger partial charge in [-0.15, -0.1) is 0 Å². The minimum atomic E-state index is 0.622. The molecule has 0 saturated carbocycles. The predicted molar refractivity (Wildman–Crippen MR) is 127 cm³/mol. The minimum Gasteiger partial charge on any atom is -0.296 e. The molecule has 0 bridgehead atoms. The fraction of sp³-hybridized carbons (Fsp3) is 0.107. The molecule has 0 saturated heterocycles. The van der Waals surface area contributed by atoms with Crippen LogP contribution in [0.15, 0.2) is 83.9 Å². The Hall–Kier alpha value is -3.45. The maximum atomic E-state index is 4.34. The summed E-state index contributed by atoms with van der Waals surface area (Å²) in [7, 11) is 0. The second-order valence-corrected chi connectivity index (χ2v) is 7.60. The summed E-state index contributed by atoms with van der Waals surface area (Å²) in [6, 6.07) is 22.2.